The molecule has 0 atom stereocenters. The molecule has 0 amide bonds. The number of hydrogen-bond donors (Lipinski definition) is 1. The normalized spacial score (nSPS) is 20.9. The Morgan fingerprint density at radius 1 is 1.47 bits per heavy atom. The molecule has 0 saturated carbocycles. The zero-order valence-electron chi connectivity index (χ0n) is 11.8. The van der Waals surface area contributed by atoms with Gasteiger partial charge in [-0.1, -0.05) is 0 Å². The first-order chi connectivity index (χ1) is 8.56. The molecular weight excluding hydrogens is 272 g/mol. The molecule has 7 nitrogen and oxygen atoms in total. The second kappa shape index (κ2) is 5.74. The Morgan fingerprint density at radius 3 is 2.47 bits per heavy atom. The summed E-state index contributed by atoms with van der Waals surface area (Å²) in [5, 5.41) is 8.85. The van der Waals surface area contributed by atoms with Crippen LogP contribution >= 0.6 is 0 Å². The van der Waals surface area contributed by atoms with Crippen LogP contribution in [0, 0.1) is 0 Å². The highest BCUT2D eigenvalue weighted by Gasteiger charge is 2.38. The average molecular weight is 294 g/mol. The second-order valence-corrected chi connectivity index (χ2v) is 7.36. The molecule has 1 rings (SSSR count). The number of carboxylic acids is 1. The lowest BCUT2D eigenvalue weighted by molar-refractivity contribution is -0.137. The first kappa shape index (κ1) is 16.4. The maximum Gasteiger partial charge on any atom is 0.318 e. The lowest BCUT2D eigenvalue weighted by Gasteiger charge is -2.40. The van der Waals surface area contributed by atoms with Gasteiger partial charge in [0.25, 0.3) is 10.2 Å². The fourth-order valence-electron chi connectivity index (χ4n) is 1.98. The van der Waals surface area contributed by atoms with Crippen LogP contribution in [0.2, 0.25) is 0 Å². The van der Waals surface area contributed by atoms with Gasteiger partial charge in [0.1, 0.15) is 6.54 Å². The zero-order valence-corrected chi connectivity index (χ0v) is 12.6. The van der Waals surface area contributed by atoms with E-state index in [-0.39, 0.29) is 13.1 Å². The van der Waals surface area contributed by atoms with Crippen LogP contribution in [0.3, 0.4) is 0 Å². The molecule has 0 aromatic heterocycles. The zero-order chi connectivity index (χ0) is 14.8. The van der Waals surface area contributed by atoms with Crippen LogP contribution in [0.5, 0.6) is 0 Å². The Kier molecular flexibility index (Phi) is 4.94. The number of aliphatic carboxylic acids is 1. The molecule has 1 N–H and O–H groups in total. The van der Waals surface area contributed by atoms with E-state index in [1.54, 1.807) is 13.8 Å². The van der Waals surface area contributed by atoms with Crippen LogP contribution in [0.25, 0.3) is 0 Å². The van der Waals surface area contributed by atoms with Crippen molar-refractivity contribution >= 4 is 16.2 Å². The summed E-state index contributed by atoms with van der Waals surface area (Å²) in [7, 11) is -3.78. The smallest absolute Gasteiger partial charge is 0.318 e. The van der Waals surface area contributed by atoms with Gasteiger partial charge in [0.2, 0.25) is 0 Å². The van der Waals surface area contributed by atoms with Gasteiger partial charge < -0.3 is 9.84 Å². The van der Waals surface area contributed by atoms with E-state index in [1.807, 2.05) is 13.8 Å². The van der Waals surface area contributed by atoms with Crippen molar-refractivity contribution < 1.29 is 23.1 Å². The molecule has 0 aliphatic carbocycles. The first-order valence-electron chi connectivity index (χ1n) is 6.19. The molecule has 0 aromatic carbocycles. The third-order valence-electron chi connectivity index (χ3n) is 2.88. The second-order valence-electron chi connectivity index (χ2n) is 5.48. The van der Waals surface area contributed by atoms with Crippen molar-refractivity contribution in [3.05, 3.63) is 0 Å². The minimum Gasteiger partial charge on any atom is -0.480 e. The highest BCUT2D eigenvalue weighted by atomic mass is 32.2. The average Bonchev–Trinajstić information content (AvgIpc) is 2.23. The predicted molar refractivity (Wildman–Crippen MR) is 70.0 cm³/mol. The summed E-state index contributed by atoms with van der Waals surface area (Å²) in [6.45, 7) is 7.19. The molecule has 1 fully saturated rings. The summed E-state index contributed by atoms with van der Waals surface area (Å²) in [6.07, 6.45) is 0. The molecule has 0 radical (unpaired) electrons. The summed E-state index contributed by atoms with van der Waals surface area (Å²) in [4.78, 5) is 10.8. The molecule has 1 saturated heterocycles. The highest BCUT2D eigenvalue weighted by Crippen LogP contribution is 2.22. The topological polar surface area (TPSA) is 87.2 Å². The van der Waals surface area contributed by atoms with Gasteiger partial charge in [-0.05, 0) is 27.7 Å². The molecule has 0 spiro atoms. The number of carbonyl (C=O) groups is 1. The van der Waals surface area contributed by atoms with Gasteiger partial charge >= 0.3 is 5.97 Å². The van der Waals surface area contributed by atoms with E-state index in [4.69, 9.17) is 9.84 Å². The Labute approximate surface area is 114 Å². The van der Waals surface area contributed by atoms with Gasteiger partial charge in [0, 0.05) is 19.1 Å². The maximum absolute atomic E-state index is 12.5. The minimum absolute atomic E-state index is 0.220. The number of hydrogen-bond acceptors (Lipinski definition) is 4. The fourth-order valence-corrected chi connectivity index (χ4v) is 3.86. The summed E-state index contributed by atoms with van der Waals surface area (Å²) in [5.74, 6) is -1.16. The molecule has 0 bridgehead atoms. The van der Waals surface area contributed by atoms with E-state index in [9.17, 15) is 13.2 Å². The van der Waals surface area contributed by atoms with Crippen LogP contribution in [-0.2, 0) is 19.7 Å². The van der Waals surface area contributed by atoms with Crippen molar-refractivity contribution in [2.75, 3.05) is 26.2 Å². The Balaban J connectivity index is 2.96. The van der Waals surface area contributed by atoms with Crippen LogP contribution in [0.15, 0.2) is 0 Å². The van der Waals surface area contributed by atoms with E-state index in [2.05, 4.69) is 0 Å². The van der Waals surface area contributed by atoms with Crippen LogP contribution in [0.4, 0.5) is 0 Å². The van der Waals surface area contributed by atoms with Crippen molar-refractivity contribution in [1.82, 2.24) is 8.61 Å². The third kappa shape index (κ3) is 4.13. The number of nitrogens with zero attached hydrogens (tertiary/aromatic N) is 2. The Bertz CT molecular complexity index is 432. The summed E-state index contributed by atoms with van der Waals surface area (Å²) in [5.41, 5.74) is -0.558. The highest BCUT2D eigenvalue weighted by molar-refractivity contribution is 7.86. The standard InChI is InChI=1S/C11H22N2O5S/c1-9(2)13(7-10(14)15)19(16,17)12-5-6-18-11(3,4)8-12/h9H,5-8H2,1-4H3,(H,14,15). The van der Waals surface area contributed by atoms with Crippen molar-refractivity contribution in [2.45, 2.75) is 39.3 Å². The molecule has 8 heteroatoms. The van der Waals surface area contributed by atoms with Gasteiger partial charge in [0.05, 0.1) is 12.2 Å². The van der Waals surface area contributed by atoms with E-state index >= 15 is 0 Å². The van der Waals surface area contributed by atoms with Gasteiger partial charge in [0.15, 0.2) is 0 Å². The molecular formula is C11H22N2O5S. The molecule has 112 valence electrons. The molecule has 19 heavy (non-hydrogen) atoms. The van der Waals surface area contributed by atoms with E-state index in [0.717, 1.165) is 4.31 Å². The molecule has 1 heterocycles. The van der Waals surface area contributed by atoms with Gasteiger partial charge in [-0.2, -0.15) is 17.0 Å². The summed E-state index contributed by atoms with van der Waals surface area (Å²) in [6, 6.07) is -0.410. The van der Waals surface area contributed by atoms with Crippen molar-refractivity contribution in [2.24, 2.45) is 0 Å². The lowest BCUT2D eigenvalue weighted by atomic mass is 10.1. The third-order valence-corrected chi connectivity index (χ3v) is 4.99. The monoisotopic (exact) mass is 294 g/mol. The van der Waals surface area contributed by atoms with E-state index in [0.29, 0.717) is 6.61 Å². The van der Waals surface area contributed by atoms with Crippen molar-refractivity contribution in [3.63, 3.8) is 0 Å². The Hall–Kier alpha value is -0.700. The number of ether oxygens (including phenoxy) is 1. The number of morpholine rings is 1. The van der Waals surface area contributed by atoms with Crippen molar-refractivity contribution in [3.8, 4) is 0 Å². The van der Waals surface area contributed by atoms with Gasteiger partial charge in [-0.15, -0.1) is 0 Å². The SMILES string of the molecule is CC(C)N(CC(=O)O)S(=O)(=O)N1CCOC(C)(C)C1. The largest absolute Gasteiger partial charge is 0.480 e. The fraction of sp³-hybridized carbons (Fsp3) is 0.909. The van der Waals surface area contributed by atoms with Crippen LogP contribution in [0.1, 0.15) is 27.7 Å². The minimum atomic E-state index is -3.78. The quantitative estimate of drug-likeness (QED) is 0.779. The van der Waals surface area contributed by atoms with Gasteiger partial charge in [-0.3, -0.25) is 4.79 Å². The van der Waals surface area contributed by atoms with Crippen LogP contribution in [-0.4, -0.2) is 66.0 Å². The number of rotatable bonds is 5. The Morgan fingerprint density at radius 2 is 2.05 bits per heavy atom. The molecule has 0 aromatic rings. The van der Waals surface area contributed by atoms with Gasteiger partial charge in [-0.25, -0.2) is 0 Å². The van der Waals surface area contributed by atoms with Crippen LogP contribution < -0.4 is 0 Å². The number of carboxylic acid groups (broad SMARTS) is 1. The van der Waals surface area contributed by atoms with E-state index < -0.39 is 34.4 Å². The molecule has 1 aliphatic heterocycles. The van der Waals surface area contributed by atoms with E-state index in [1.165, 1.54) is 4.31 Å². The molecule has 1 aliphatic rings. The predicted octanol–water partition coefficient (Wildman–Crippen LogP) is 0.137. The molecule has 0 unspecified atom stereocenters. The summed E-state index contributed by atoms with van der Waals surface area (Å²) >= 11 is 0. The van der Waals surface area contributed by atoms with Crippen molar-refractivity contribution in [1.29, 1.82) is 0 Å². The maximum atomic E-state index is 12.5. The lowest BCUT2D eigenvalue weighted by Crippen LogP contribution is -2.56. The first-order valence-corrected chi connectivity index (χ1v) is 7.58. The summed E-state index contributed by atoms with van der Waals surface area (Å²) < 4.78 is 32.7.